The van der Waals surface area contributed by atoms with E-state index in [1.165, 1.54) is 6.07 Å². The van der Waals surface area contributed by atoms with Crippen LogP contribution >= 0.6 is 0 Å². The lowest BCUT2D eigenvalue weighted by atomic mass is 10.2. The van der Waals surface area contributed by atoms with Crippen LogP contribution < -0.4 is 15.5 Å². The largest absolute Gasteiger partial charge is 0.355 e. The normalized spacial score (nSPS) is 25.5. The van der Waals surface area contributed by atoms with Gasteiger partial charge in [0.1, 0.15) is 0 Å². The van der Waals surface area contributed by atoms with Gasteiger partial charge in [0, 0.05) is 64.6 Å². The van der Waals surface area contributed by atoms with Crippen LogP contribution in [0.5, 0.6) is 0 Å². The highest BCUT2D eigenvalue weighted by molar-refractivity contribution is 5.80. The second kappa shape index (κ2) is 8.64. The topological polar surface area (TPSA) is 59.0 Å². The summed E-state index contributed by atoms with van der Waals surface area (Å²) in [6.45, 7) is 5.62. The molecule has 1 aromatic rings. The summed E-state index contributed by atoms with van der Waals surface area (Å²) in [4.78, 5) is 15.3. The molecule has 3 rings (SSSR count). The van der Waals surface area contributed by atoms with E-state index in [4.69, 9.17) is 0 Å². The van der Waals surface area contributed by atoms with Gasteiger partial charge in [-0.15, -0.1) is 0 Å². The second-order valence-electron chi connectivity index (χ2n) is 7.23. The Bertz CT molecular complexity index is 623. The Morgan fingerprint density at radius 1 is 1.31 bits per heavy atom. The molecule has 1 aromatic heterocycles. The van der Waals surface area contributed by atoms with Gasteiger partial charge in [-0.25, -0.2) is 9.37 Å². The highest BCUT2D eigenvalue weighted by atomic mass is 19.1. The molecule has 0 aliphatic carbocycles. The summed E-state index contributed by atoms with van der Waals surface area (Å²) >= 11 is 0. The number of rotatable bonds is 4. The minimum atomic E-state index is -0.264. The lowest BCUT2D eigenvalue weighted by molar-refractivity contribution is 0.116. The van der Waals surface area contributed by atoms with Crippen molar-refractivity contribution < 1.29 is 4.39 Å². The average Bonchev–Trinajstić information content (AvgIpc) is 3.10. The maximum absolute atomic E-state index is 13.9. The third-order valence-corrected chi connectivity index (χ3v) is 5.28. The summed E-state index contributed by atoms with van der Waals surface area (Å²) in [6.07, 6.45) is 2.57. The molecule has 26 heavy (non-hydrogen) atoms. The van der Waals surface area contributed by atoms with E-state index in [1.807, 2.05) is 4.90 Å². The number of likely N-dealkylation sites (N-methyl/N-ethyl adjacent to an activating group) is 2. The lowest BCUT2D eigenvalue weighted by Gasteiger charge is -2.38. The Morgan fingerprint density at radius 3 is 2.92 bits per heavy atom. The van der Waals surface area contributed by atoms with Gasteiger partial charge in [0.15, 0.2) is 17.6 Å². The minimum absolute atomic E-state index is 0.231. The second-order valence-corrected chi connectivity index (χ2v) is 7.23. The van der Waals surface area contributed by atoms with Crippen LogP contribution in [0.2, 0.25) is 0 Å². The van der Waals surface area contributed by atoms with E-state index in [0.717, 1.165) is 51.6 Å². The molecule has 2 atom stereocenters. The van der Waals surface area contributed by atoms with Gasteiger partial charge < -0.3 is 20.4 Å². The van der Waals surface area contributed by atoms with Crippen LogP contribution in [0.1, 0.15) is 6.42 Å². The molecular weight excluding hydrogens is 333 g/mol. The Kier molecular flexibility index (Phi) is 6.26. The molecule has 0 bridgehead atoms. The summed E-state index contributed by atoms with van der Waals surface area (Å²) < 4.78 is 13.9. The van der Waals surface area contributed by atoms with Gasteiger partial charge in [-0.1, -0.05) is 0 Å². The fourth-order valence-electron chi connectivity index (χ4n) is 3.60. The number of aromatic nitrogens is 1. The van der Waals surface area contributed by atoms with Crippen LogP contribution in [0.25, 0.3) is 0 Å². The number of guanidine groups is 1. The van der Waals surface area contributed by atoms with E-state index in [1.54, 1.807) is 19.3 Å². The van der Waals surface area contributed by atoms with Crippen LogP contribution in [-0.4, -0.2) is 93.2 Å². The summed E-state index contributed by atoms with van der Waals surface area (Å²) in [5.41, 5.74) is 0. The molecule has 2 N–H and O–H groups in total. The average molecular weight is 363 g/mol. The molecule has 8 heteroatoms. The molecule has 0 saturated carbocycles. The van der Waals surface area contributed by atoms with Crippen LogP contribution in [0.4, 0.5) is 10.2 Å². The highest BCUT2D eigenvalue weighted by Gasteiger charge is 2.27. The molecule has 2 aliphatic rings. The van der Waals surface area contributed by atoms with Crippen molar-refractivity contribution in [3.63, 3.8) is 0 Å². The SMILES string of the molecule is CN=C(NCC1CN(C)CCN1C)NC1CCN(c2ncccc2F)C1. The van der Waals surface area contributed by atoms with Gasteiger partial charge in [0.05, 0.1) is 0 Å². The zero-order chi connectivity index (χ0) is 18.5. The quantitative estimate of drug-likeness (QED) is 0.589. The predicted molar refractivity (Wildman–Crippen MR) is 103 cm³/mol. The van der Waals surface area contributed by atoms with Gasteiger partial charge in [-0.3, -0.25) is 9.89 Å². The number of pyridine rings is 1. The molecule has 2 fully saturated rings. The summed E-state index contributed by atoms with van der Waals surface area (Å²) in [6, 6.07) is 3.78. The Morgan fingerprint density at radius 2 is 2.15 bits per heavy atom. The summed E-state index contributed by atoms with van der Waals surface area (Å²) in [7, 11) is 6.12. The van der Waals surface area contributed by atoms with Crippen LogP contribution in [0.15, 0.2) is 23.3 Å². The van der Waals surface area contributed by atoms with Gasteiger partial charge in [-0.2, -0.15) is 0 Å². The van der Waals surface area contributed by atoms with Crippen molar-refractivity contribution in [2.75, 3.05) is 65.3 Å². The standard InChI is InChI=1S/C18H30FN7/c1-20-18(22-11-15-13-24(2)9-10-25(15)3)23-14-6-8-26(12-14)17-16(19)5-4-7-21-17/h4-5,7,14-15H,6,8-13H2,1-3H3,(H2,20,22,23). The van der Waals surface area contributed by atoms with Crippen LogP contribution in [0, 0.1) is 5.82 Å². The van der Waals surface area contributed by atoms with E-state index in [-0.39, 0.29) is 11.9 Å². The molecule has 144 valence electrons. The first-order valence-electron chi connectivity index (χ1n) is 9.28. The van der Waals surface area contributed by atoms with Crippen LogP contribution in [0.3, 0.4) is 0 Å². The fraction of sp³-hybridized carbons (Fsp3) is 0.667. The fourth-order valence-corrected chi connectivity index (χ4v) is 3.60. The molecule has 3 heterocycles. The number of nitrogens with zero attached hydrogens (tertiary/aromatic N) is 5. The van der Waals surface area contributed by atoms with Crippen molar-refractivity contribution in [1.82, 2.24) is 25.4 Å². The number of nitrogens with one attached hydrogen (secondary N) is 2. The van der Waals surface area contributed by atoms with Gasteiger partial charge in [-0.05, 0) is 32.6 Å². The molecule has 0 radical (unpaired) electrons. The maximum Gasteiger partial charge on any atom is 0.191 e. The third kappa shape index (κ3) is 4.62. The van der Waals surface area contributed by atoms with E-state index in [9.17, 15) is 4.39 Å². The van der Waals surface area contributed by atoms with E-state index < -0.39 is 0 Å². The number of hydrogen-bond donors (Lipinski definition) is 2. The number of anilines is 1. The summed E-state index contributed by atoms with van der Waals surface area (Å²) in [5, 5.41) is 6.91. The first-order chi connectivity index (χ1) is 12.6. The first-order valence-corrected chi connectivity index (χ1v) is 9.28. The van der Waals surface area contributed by atoms with Gasteiger partial charge >= 0.3 is 0 Å². The molecule has 0 aromatic carbocycles. The minimum Gasteiger partial charge on any atom is -0.355 e. The molecule has 0 spiro atoms. The Hall–Kier alpha value is -1.93. The van der Waals surface area contributed by atoms with E-state index in [0.29, 0.717) is 11.9 Å². The molecule has 2 saturated heterocycles. The van der Waals surface area contributed by atoms with Crippen molar-refractivity contribution in [2.45, 2.75) is 18.5 Å². The maximum atomic E-state index is 13.9. The summed E-state index contributed by atoms with van der Waals surface area (Å²) in [5.74, 6) is 0.978. The number of hydrogen-bond acceptors (Lipinski definition) is 5. The molecule has 2 unspecified atom stereocenters. The first kappa shape index (κ1) is 18.8. The zero-order valence-corrected chi connectivity index (χ0v) is 16.0. The zero-order valence-electron chi connectivity index (χ0n) is 16.0. The van der Waals surface area contributed by atoms with Crippen molar-refractivity contribution in [1.29, 1.82) is 0 Å². The van der Waals surface area contributed by atoms with Crippen molar-refractivity contribution in [2.24, 2.45) is 4.99 Å². The van der Waals surface area contributed by atoms with E-state index >= 15 is 0 Å². The third-order valence-electron chi connectivity index (χ3n) is 5.28. The smallest absolute Gasteiger partial charge is 0.191 e. The predicted octanol–water partition coefficient (Wildman–Crippen LogP) is 0.210. The molecule has 2 aliphatic heterocycles. The molecule has 7 nitrogen and oxygen atoms in total. The monoisotopic (exact) mass is 363 g/mol. The van der Waals surface area contributed by atoms with Crippen LogP contribution in [-0.2, 0) is 0 Å². The Balaban J connectivity index is 1.49. The number of piperazine rings is 1. The van der Waals surface area contributed by atoms with Gasteiger partial charge in [0.2, 0.25) is 0 Å². The molecule has 0 amide bonds. The van der Waals surface area contributed by atoms with E-state index in [2.05, 4.69) is 44.5 Å². The van der Waals surface area contributed by atoms with Crippen molar-refractivity contribution >= 4 is 11.8 Å². The highest BCUT2D eigenvalue weighted by Crippen LogP contribution is 2.20. The van der Waals surface area contributed by atoms with Crippen molar-refractivity contribution in [3.8, 4) is 0 Å². The van der Waals surface area contributed by atoms with Gasteiger partial charge in [0.25, 0.3) is 0 Å². The number of halogens is 1. The number of aliphatic imine (C=N–C) groups is 1. The van der Waals surface area contributed by atoms with Crippen molar-refractivity contribution in [3.05, 3.63) is 24.1 Å². The Labute approximate surface area is 155 Å². The lowest BCUT2D eigenvalue weighted by Crippen LogP contribution is -2.56. The molecular formula is C18H30FN7.